The molecule has 0 atom stereocenters. The molecule has 1 aromatic rings. The number of nitrogens with zero attached hydrogens (tertiary/aromatic N) is 2. The van der Waals surface area contributed by atoms with Crippen molar-refractivity contribution < 1.29 is 4.74 Å². The minimum atomic E-state index is 0.256. The first kappa shape index (κ1) is 9.70. The van der Waals surface area contributed by atoms with Crippen LogP contribution in [0.3, 0.4) is 0 Å². The summed E-state index contributed by atoms with van der Waals surface area (Å²) in [6.45, 7) is 0.260. The van der Waals surface area contributed by atoms with Crippen LogP contribution in [0.5, 0.6) is 6.01 Å². The van der Waals surface area contributed by atoms with Gasteiger partial charge in [-0.3, -0.25) is 0 Å². The zero-order valence-electron chi connectivity index (χ0n) is 6.34. The van der Waals surface area contributed by atoms with E-state index in [2.05, 4.69) is 25.9 Å². The molecule has 0 aliphatic rings. The topological polar surface area (TPSA) is 61.0 Å². The molecule has 0 spiro atoms. The summed E-state index contributed by atoms with van der Waals surface area (Å²) in [4.78, 5) is 7.85. The average Bonchev–Trinajstić information content (AvgIpc) is 2.09. The van der Waals surface area contributed by atoms with Crippen molar-refractivity contribution in [3.63, 3.8) is 0 Å². The van der Waals surface area contributed by atoms with Crippen LogP contribution < -0.4 is 10.5 Å². The van der Waals surface area contributed by atoms with E-state index in [4.69, 9.17) is 22.1 Å². The average molecular weight is 252 g/mol. The van der Waals surface area contributed by atoms with E-state index in [1.165, 1.54) is 7.11 Å². The van der Waals surface area contributed by atoms with Gasteiger partial charge in [-0.1, -0.05) is 11.6 Å². The number of ether oxygens (including phenoxy) is 1. The van der Waals surface area contributed by atoms with Gasteiger partial charge >= 0.3 is 6.01 Å². The highest BCUT2D eigenvalue weighted by Crippen LogP contribution is 2.24. The van der Waals surface area contributed by atoms with E-state index in [1.807, 2.05) is 0 Å². The molecule has 1 rings (SSSR count). The highest BCUT2D eigenvalue weighted by Gasteiger charge is 2.08. The quantitative estimate of drug-likeness (QED) is 0.808. The summed E-state index contributed by atoms with van der Waals surface area (Å²) in [6, 6.07) is 0.256. The van der Waals surface area contributed by atoms with Crippen molar-refractivity contribution >= 4 is 27.5 Å². The Balaban J connectivity index is 3.19. The zero-order chi connectivity index (χ0) is 9.14. The van der Waals surface area contributed by atoms with Crippen molar-refractivity contribution in [2.75, 3.05) is 7.11 Å². The Kier molecular flexibility index (Phi) is 3.25. The summed E-state index contributed by atoms with van der Waals surface area (Å²) in [5, 5.41) is 0.429. The third kappa shape index (κ3) is 1.85. The van der Waals surface area contributed by atoms with Crippen molar-refractivity contribution in [3.05, 3.63) is 15.3 Å². The van der Waals surface area contributed by atoms with E-state index in [0.29, 0.717) is 15.3 Å². The molecule has 0 saturated heterocycles. The van der Waals surface area contributed by atoms with Crippen LogP contribution in [0.4, 0.5) is 0 Å². The summed E-state index contributed by atoms with van der Waals surface area (Å²) in [5.41, 5.74) is 5.96. The maximum atomic E-state index is 5.81. The van der Waals surface area contributed by atoms with Gasteiger partial charge in [-0.25, -0.2) is 0 Å². The van der Waals surface area contributed by atoms with Gasteiger partial charge < -0.3 is 10.5 Å². The second kappa shape index (κ2) is 4.02. The predicted molar refractivity (Wildman–Crippen MR) is 49.2 cm³/mol. The Bertz CT molecular complexity index is 294. The molecule has 12 heavy (non-hydrogen) atoms. The molecule has 0 amide bonds. The molecule has 4 nitrogen and oxygen atoms in total. The van der Waals surface area contributed by atoms with Crippen molar-refractivity contribution in [1.29, 1.82) is 0 Å². The smallest absolute Gasteiger partial charge is 0.317 e. The van der Waals surface area contributed by atoms with Crippen LogP contribution in [0.1, 0.15) is 5.69 Å². The van der Waals surface area contributed by atoms with E-state index in [0.717, 1.165) is 0 Å². The van der Waals surface area contributed by atoms with Crippen LogP contribution in [0.25, 0.3) is 0 Å². The number of hydrogen-bond acceptors (Lipinski definition) is 4. The number of methoxy groups -OCH3 is 1. The summed E-state index contributed by atoms with van der Waals surface area (Å²) in [6.07, 6.45) is 0. The van der Waals surface area contributed by atoms with Crippen LogP contribution in [-0.2, 0) is 6.54 Å². The Morgan fingerprint density at radius 3 is 2.75 bits per heavy atom. The molecule has 0 radical (unpaired) electrons. The van der Waals surface area contributed by atoms with Crippen LogP contribution in [-0.4, -0.2) is 17.1 Å². The summed E-state index contributed by atoms with van der Waals surface area (Å²) >= 11 is 8.97. The summed E-state index contributed by atoms with van der Waals surface area (Å²) in [7, 11) is 1.48. The standard InChI is InChI=1S/C6H7BrClN3O/c1-12-6-10-3(2-9)4(8)5(7)11-6/h2,9H2,1H3. The highest BCUT2D eigenvalue weighted by molar-refractivity contribution is 9.10. The van der Waals surface area contributed by atoms with Crippen LogP contribution in [0.15, 0.2) is 4.60 Å². The number of nitrogens with two attached hydrogens (primary N) is 1. The van der Waals surface area contributed by atoms with Crippen LogP contribution >= 0.6 is 27.5 Å². The fourth-order valence-corrected chi connectivity index (χ4v) is 1.21. The number of halogens is 2. The third-order valence-electron chi connectivity index (χ3n) is 1.23. The predicted octanol–water partition coefficient (Wildman–Crippen LogP) is 1.36. The summed E-state index contributed by atoms with van der Waals surface area (Å²) < 4.78 is 5.32. The first-order valence-electron chi connectivity index (χ1n) is 3.15. The van der Waals surface area contributed by atoms with Gasteiger partial charge in [0, 0.05) is 6.54 Å². The number of hydrogen-bond donors (Lipinski definition) is 1. The largest absolute Gasteiger partial charge is 0.467 e. The molecule has 1 heterocycles. The minimum Gasteiger partial charge on any atom is -0.467 e. The SMILES string of the molecule is COc1nc(Br)c(Cl)c(CN)n1. The fraction of sp³-hybridized carbons (Fsp3) is 0.333. The molecule has 66 valence electrons. The molecule has 0 aliphatic heterocycles. The molecule has 0 unspecified atom stereocenters. The molecule has 1 aromatic heterocycles. The second-order valence-electron chi connectivity index (χ2n) is 1.97. The maximum absolute atomic E-state index is 5.81. The molecule has 0 aliphatic carbocycles. The van der Waals surface area contributed by atoms with Gasteiger partial charge in [0.15, 0.2) is 0 Å². The van der Waals surface area contributed by atoms with E-state index >= 15 is 0 Å². The van der Waals surface area contributed by atoms with Crippen molar-refractivity contribution in [2.45, 2.75) is 6.54 Å². The molecular weight excluding hydrogens is 245 g/mol. The first-order valence-corrected chi connectivity index (χ1v) is 4.32. The maximum Gasteiger partial charge on any atom is 0.317 e. The Labute approximate surface area is 83.2 Å². The van der Waals surface area contributed by atoms with Crippen LogP contribution in [0.2, 0.25) is 5.02 Å². The molecule has 0 saturated carbocycles. The van der Waals surface area contributed by atoms with Gasteiger partial charge in [0.1, 0.15) is 4.60 Å². The van der Waals surface area contributed by atoms with Gasteiger partial charge in [0.05, 0.1) is 17.8 Å². The second-order valence-corrected chi connectivity index (χ2v) is 3.10. The minimum absolute atomic E-state index is 0.256. The number of aromatic nitrogens is 2. The van der Waals surface area contributed by atoms with Gasteiger partial charge in [-0.15, -0.1) is 0 Å². The first-order chi connectivity index (χ1) is 5.69. The lowest BCUT2D eigenvalue weighted by Gasteiger charge is -2.03. The summed E-state index contributed by atoms with van der Waals surface area (Å²) in [5.74, 6) is 0. The van der Waals surface area contributed by atoms with Crippen molar-refractivity contribution in [3.8, 4) is 6.01 Å². The van der Waals surface area contributed by atoms with Gasteiger partial charge in [0.2, 0.25) is 0 Å². The Hall–Kier alpha value is -0.390. The molecule has 6 heteroatoms. The monoisotopic (exact) mass is 251 g/mol. The lowest BCUT2D eigenvalue weighted by molar-refractivity contribution is 0.377. The van der Waals surface area contributed by atoms with E-state index in [1.54, 1.807) is 0 Å². The normalized spacial score (nSPS) is 10.0. The Morgan fingerprint density at radius 2 is 2.25 bits per heavy atom. The number of rotatable bonds is 2. The van der Waals surface area contributed by atoms with Crippen molar-refractivity contribution in [2.24, 2.45) is 5.73 Å². The van der Waals surface area contributed by atoms with E-state index in [9.17, 15) is 0 Å². The lowest BCUT2D eigenvalue weighted by Crippen LogP contribution is -2.04. The third-order valence-corrected chi connectivity index (χ3v) is 2.43. The van der Waals surface area contributed by atoms with Crippen molar-refractivity contribution in [1.82, 2.24) is 9.97 Å². The lowest BCUT2D eigenvalue weighted by atomic mass is 10.4. The van der Waals surface area contributed by atoms with Gasteiger partial charge in [-0.2, -0.15) is 9.97 Å². The molecule has 0 aromatic carbocycles. The molecule has 0 bridgehead atoms. The van der Waals surface area contributed by atoms with Gasteiger partial charge in [-0.05, 0) is 15.9 Å². The highest BCUT2D eigenvalue weighted by atomic mass is 79.9. The van der Waals surface area contributed by atoms with E-state index in [-0.39, 0.29) is 12.6 Å². The zero-order valence-corrected chi connectivity index (χ0v) is 8.68. The molecule has 2 N–H and O–H groups in total. The molecular formula is C6H7BrClN3O. The molecule has 0 fully saturated rings. The van der Waals surface area contributed by atoms with Crippen LogP contribution in [0, 0.1) is 0 Å². The van der Waals surface area contributed by atoms with Gasteiger partial charge in [0.25, 0.3) is 0 Å². The Morgan fingerprint density at radius 1 is 1.58 bits per heavy atom. The fourth-order valence-electron chi connectivity index (χ4n) is 0.668. The van der Waals surface area contributed by atoms with E-state index < -0.39 is 0 Å².